The molecular formula is C10H14ClN3O2. The van der Waals surface area contributed by atoms with Crippen LogP contribution in [0.15, 0.2) is 12.1 Å². The van der Waals surface area contributed by atoms with Crippen molar-refractivity contribution in [1.29, 1.82) is 0 Å². The number of hydrogen-bond acceptors (Lipinski definition) is 5. The second-order valence-electron chi connectivity index (χ2n) is 3.76. The maximum Gasteiger partial charge on any atom is 0.151 e. The number of aliphatic hydroxyl groups excluding tert-OH is 1. The van der Waals surface area contributed by atoms with Crippen molar-refractivity contribution in [2.75, 3.05) is 26.3 Å². The summed E-state index contributed by atoms with van der Waals surface area (Å²) < 4.78 is 5.37. The summed E-state index contributed by atoms with van der Waals surface area (Å²) in [4.78, 5) is 2.18. The third kappa shape index (κ3) is 3.12. The third-order valence-electron chi connectivity index (χ3n) is 2.50. The Morgan fingerprint density at radius 2 is 2.38 bits per heavy atom. The minimum atomic E-state index is -0.0889. The molecule has 1 aliphatic rings. The van der Waals surface area contributed by atoms with Crippen LogP contribution in [0.3, 0.4) is 0 Å². The summed E-state index contributed by atoms with van der Waals surface area (Å²) in [7, 11) is 0. The normalized spacial score (nSPS) is 22.2. The van der Waals surface area contributed by atoms with Crippen LogP contribution in [0.25, 0.3) is 0 Å². The van der Waals surface area contributed by atoms with E-state index in [0.29, 0.717) is 18.3 Å². The van der Waals surface area contributed by atoms with Crippen molar-refractivity contribution in [2.45, 2.75) is 12.6 Å². The Labute approximate surface area is 99.0 Å². The lowest BCUT2D eigenvalue weighted by atomic mass is 10.2. The average molecular weight is 244 g/mol. The van der Waals surface area contributed by atoms with Crippen LogP contribution in [0.2, 0.25) is 5.15 Å². The zero-order chi connectivity index (χ0) is 11.4. The summed E-state index contributed by atoms with van der Waals surface area (Å²) in [5, 5.41) is 17.2. The number of morpholine rings is 1. The van der Waals surface area contributed by atoms with Gasteiger partial charge in [0.15, 0.2) is 5.15 Å². The van der Waals surface area contributed by atoms with Crippen LogP contribution >= 0.6 is 11.6 Å². The molecule has 0 spiro atoms. The highest BCUT2D eigenvalue weighted by Crippen LogP contribution is 2.09. The minimum Gasteiger partial charge on any atom is -0.394 e. The molecule has 0 aliphatic carbocycles. The fourth-order valence-corrected chi connectivity index (χ4v) is 1.79. The Kier molecular flexibility index (Phi) is 4.06. The molecule has 6 heteroatoms. The van der Waals surface area contributed by atoms with E-state index in [4.69, 9.17) is 21.4 Å². The van der Waals surface area contributed by atoms with E-state index in [1.807, 2.05) is 6.07 Å². The van der Waals surface area contributed by atoms with Gasteiger partial charge in [-0.05, 0) is 12.1 Å². The van der Waals surface area contributed by atoms with Crippen LogP contribution in [0.5, 0.6) is 0 Å². The maximum absolute atomic E-state index is 9.01. The van der Waals surface area contributed by atoms with Crippen molar-refractivity contribution < 1.29 is 9.84 Å². The number of rotatable bonds is 3. The summed E-state index contributed by atoms with van der Waals surface area (Å²) in [6.07, 6.45) is -0.0889. The highest BCUT2D eigenvalue weighted by atomic mass is 35.5. The van der Waals surface area contributed by atoms with Gasteiger partial charge in [-0.25, -0.2) is 0 Å². The fourth-order valence-electron chi connectivity index (χ4n) is 1.69. The first-order valence-electron chi connectivity index (χ1n) is 5.21. The van der Waals surface area contributed by atoms with Crippen LogP contribution in [0.4, 0.5) is 0 Å². The lowest BCUT2D eigenvalue weighted by Crippen LogP contribution is -2.43. The van der Waals surface area contributed by atoms with Gasteiger partial charge in [0.05, 0.1) is 25.0 Å². The van der Waals surface area contributed by atoms with Gasteiger partial charge in [-0.3, -0.25) is 4.90 Å². The standard InChI is InChI=1S/C10H14ClN3O2/c11-10-2-1-8(12-13-10)5-14-3-4-16-9(6-14)7-15/h1-2,9,15H,3-7H2. The van der Waals surface area contributed by atoms with E-state index in [0.717, 1.165) is 18.8 Å². The number of nitrogens with zero attached hydrogens (tertiary/aromatic N) is 3. The minimum absolute atomic E-state index is 0.0583. The van der Waals surface area contributed by atoms with Crippen molar-refractivity contribution in [2.24, 2.45) is 0 Å². The number of hydrogen-bond donors (Lipinski definition) is 1. The summed E-state index contributed by atoms with van der Waals surface area (Å²) in [6, 6.07) is 3.59. The molecule has 1 aliphatic heterocycles. The van der Waals surface area contributed by atoms with Crippen LogP contribution in [-0.2, 0) is 11.3 Å². The molecule has 1 saturated heterocycles. The number of aliphatic hydroxyl groups is 1. The molecular weight excluding hydrogens is 230 g/mol. The van der Waals surface area contributed by atoms with E-state index in [2.05, 4.69) is 15.1 Å². The fraction of sp³-hybridized carbons (Fsp3) is 0.600. The van der Waals surface area contributed by atoms with Crippen molar-refractivity contribution >= 4 is 11.6 Å². The molecule has 0 amide bonds. The van der Waals surface area contributed by atoms with Gasteiger partial charge in [-0.1, -0.05) is 11.6 Å². The molecule has 5 nitrogen and oxygen atoms in total. The van der Waals surface area contributed by atoms with Gasteiger partial charge < -0.3 is 9.84 Å². The lowest BCUT2D eigenvalue weighted by Gasteiger charge is -2.31. The molecule has 1 atom stereocenters. The largest absolute Gasteiger partial charge is 0.394 e. The molecule has 1 aromatic rings. The van der Waals surface area contributed by atoms with Gasteiger partial charge >= 0.3 is 0 Å². The molecule has 1 N–H and O–H groups in total. The van der Waals surface area contributed by atoms with Gasteiger partial charge in [0, 0.05) is 19.6 Å². The monoisotopic (exact) mass is 243 g/mol. The predicted molar refractivity (Wildman–Crippen MR) is 59.1 cm³/mol. The first-order chi connectivity index (χ1) is 7.78. The van der Waals surface area contributed by atoms with Gasteiger partial charge in [0.25, 0.3) is 0 Å². The first kappa shape index (κ1) is 11.7. The van der Waals surface area contributed by atoms with Gasteiger partial charge in [-0.2, -0.15) is 5.10 Å². The Balaban J connectivity index is 1.91. The molecule has 1 aromatic heterocycles. The molecule has 1 fully saturated rings. The van der Waals surface area contributed by atoms with Crippen molar-refractivity contribution in [1.82, 2.24) is 15.1 Å². The molecule has 0 aromatic carbocycles. The number of halogens is 1. The van der Waals surface area contributed by atoms with E-state index in [-0.39, 0.29) is 12.7 Å². The second-order valence-corrected chi connectivity index (χ2v) is 4.15. The van der Waals surface area contributed by atoms with E-state index in [1.54, 1.807) is 6.07 Å². The third-order valence-corrected chi connectivity index (χ3v) is 2.70. The molecule has 2 heterocycles. The van der Waals surface area contributed by atoms with Gasteiger partial charge in [-0.15, -0.1) is 5.10 Å². The Hall–Kier alpha value is -0.750. The predicted octanol–water partition coefficient (Wildman–Crippen LogP) is 0.323. The number of ether oxygens (including phenoxy) is 1. The molecule has 0 saturated carbocycles. The first-order valence-corrected chi connectivity index (χ1v) is 5.58. The molecule has 88 valence electrons. The second kappa shape index (κ2) is 5.54. The van der Waals surface area contributed by atoms with E-state index in [1.165, 1.54) is 0 Å². The Bertz CT molecular complexity index is 333. The van der Waals surface area contributed by atoms with Crippen molar-refractivity contribution in [3.8, 4) is 0 Å². The SMILES string of the molecule is OCC1CN(Cc2ccc(Cl)nn2)CCO1. The number of aromatic nitrogens is 2. The van der Waals surface area contributed by atoms with Gasteiger partial charge in [0.2, 0.25) is 0 Å². The average Bonchev–Trinajstić information content (AvgIpc) is 2.32. The van der Waals surface area contributed by atoms with E-state index < -0.39 is 0 Å². The Morgan fingerprint density at radius 3 is 3.06 bits per heavy atom. The Morgan fingerprint density at radius 1 is 1.50 bits per heavy atom. The van der Waals surface area contributed by atoms with Crippen molar-refractivity contribution in [3.63, 3.8) is 0 Å². The smallest absolute Gasteiger partial charge is 0.151 e. The molecule has 2 rings (SSSR count). The molecule has 16 heavy (non-hydrogen) atoms. The maximum atomic E-state index is 9.01. The van der Waals surface area contributed by atoms with Crippen LogP contribution in [0, 0.1) is 0 Å². The van der Waals surface area contributed by atoms with Crippen LogP contribution in [0.1, 0.15) is 5.69 Å². The molecule has 0 bridgehead atoms. The summed E-state index contributed by atoms with van der Waals surface area (Å²) in [5.74, 6) is 0. The zero-order valence-corrected chi connectivity index (χ0v) is 9.60. The van der Waals surface area contributed by atoms with E-state index in [9.17, 15) is 0 Å². The summed E-state index contributed by atoms with van der Waals surface area (Å²) in [6.45, 7) is 2.99. The van der Waals surface area contributed by atoms with Crippen LogP contribution < -0.4 is 0 Å². The summed E-state index contributed by atoms with van der Waals surface area (Å²) >= 11 is 5.66. The van der Waals surface area contributed by atoms with Gasteiger partial charge in [0.1, 0.15) is 0 Å². The van der Waals surface area contributed by atoms with Crippen LogP contribution in [-0.4, -0.2) is 52.6 Å². The van der Waals surface area contributed by atoms with E-state index >= 15 is 0 Å². The topological polar surface area (TPSA) is 58.5 Å². The molecule has 0 radical (unpaired) electrons. The zero-order valence-electron chi connectivity index (χ0n) is 8.84. The highest BCUT2D eigenvalue weighted by Gasteiger charge is 2.19. The quantitative estimate of drug-likeness (QED) is 0.829. The molecule has 1 unspecified atom stereocenters. The highest BCUT2D eigenvalue weighted by molar-refractivity contribution is 6.29. The van der Waals surface area contributed by atoms with Crippen molar-refractivity contribution in [3.05, 3.63) is 23.0 Å². The summed E-state index contributed by atoms with van der Waals surface area (Å²) in [5.41, 5.74) is 0.878. The lowest BCUT2D eigenvalue weighted by molar-refractivity contribution is -0.0554.